The van der Waals surface area contributed by atoms with Crippen molar-refractivity contribution in [2.24, 2.45) is 15.9 Å². The molecule has 2 aliphatic rings. The normalized spacial score (nSPS) is 19.2. The number of phenolic OH excluding ortho intramolecular Hbond substituents is 1. The van der Waals surface area contributed by atoms with Crippen LogP contribution in [0.1, 0.15) is 16.7 Å². The topological polar surface area (TPSA) is 71.2 Å². The van der Waals surface area contributed by atoms with Crippen LogP contribution in [-0.4, -0.2) is 22.7 Å². The fourth-order valence-corrected chi connectivity index (χ4v) is 2.89. The van der Waals surface area contributed by atoms with Crippen LogP contribution in [0.25, 0.3) is 0 Å². The average Bonchev–Trinajstić information content (AvgIpc) is 2.54. The second-order valence-electron chi connectivity index (χ2n) is 5.66. The van der Waals surface area contributed by atoms with Gasteiger partial charge in [0, 0.05) is 0 Å². The lowest BCUT2D eigenvalue weighted by Crippen LogP contribution is -2.37. The van der Waals surface area contributed by atoms with Crippen molar-refractivity contribution in [1.82, 2.24) is 0 Å². The van der Waals surface area contributed by atoms with Crippen molar-refractivity contribution in [3.8, 4) is 11.5 Å². The molecule has 5 heteroatoms. The fraction of sp³-hybridized carbons (Fsp3) is 0.167. The maximum atomic E-state index is 12.4. The Bertz CT molecular complexity index is 884. The van der Waals surface area contributed by atoms with Gasteiger partial charge in [0.05, 0.1) is 5.56 Å². The number of amidine groups is 1. The summed E-state index contributed by atoms with van der Waals surface area (Å²) in [5.74, 6) is 0.559. The smallest absolute Gasteiger partial charge is 0.260 e. The maximum Gasteiger partial charge on any atom is 0.260 e. The zero-order valence-electron chi connectivity index (χ0n) is 12.5. The van der Waals surface area contributed by atoms with E-state index in [0.717, 1.165) is 16.9 Å². The summed E-state index contributed by atoms with van der Waals surface area (Å²) in [4.78, 5) is 20.8. The summed E-state index contributed by atoms with van der Waals surface area (Å²) in [5.41, 5.74) is 2.41. The lowest BCUT2D eigenvalue weighted by atomic mass is 9.92. The van der Waals surface area contributed by atoms with E-state index >= 15 is 0 Å². The predicted molar refractivity (Wildman–Crippen MR) is 86.1 cm³/mol. The van der Waals surface area contributed by atoms with E-state index in [4.69, 9.17) is 4.74 Å². The van der Waals surface area contributed by atoms with Crippen LogP contribution < -0.4 is 4.74 Å². The standard InChI is InChI=1S/C18H14N2O3/c1-10-5-4-6-11-9-13-17(22)19-16(20-18(13)23-15(10)11)12-7-2-3-8-14(12)21/h2-8,13,21H,9H2,1H3. The van der Waals surface area contributed by atoms with Crippen LogP contribution in [-0.2, 0) is 11.2 Å². The highest BCUT2D eigenvalue weighted by molar-refractivity contribution is 6.19. The van der Waals surface area contributed by atoms with Gasteiger partial charge < -0.3 is 9.84 Å². The molecule has 2 aromatic carbocycles. The van der Waals surface area contributed by atoms with Crippen LogP contribution >= 0.6 is 0 Å². The zero-order chi connectivity index (χ0) is 16.0. The van der Waals surface area contributed by atoms with E-state index in [1.807, 2.05) is 25.1 Å². The van der Waals surface area contributed by atoms with Gasteiger partial charge in [0.2, 0.25) is 5.90 Å². The van der Waals surface area contributed by atoms with E-state index in [1.165, 1.54) is 6.07 Å². The number of aryl methyl sites for hydroxylation is 1. The Hall–Kier alpha value is -2.95. The summed E-state index contributed by atoms with van der Waals surface area (Å²) in [7, 11) is 0. The summed E-state index contributed by atoms with van der Waals surface area (Å²) in [6.45, 7) is 1.96. The highest BCUT2D eigenvalue weighted by Gasteiger charge is 2.36. The fourth-order valence-electron chi connectivity index (χ4n) is 2.89. The minimum atomic E-state index is -0.487. The van der Waals surface area contributed by atoms with Gasteiger partial charge in [0.25, 0.3) is 5.91 Å². The van der Waals surface area contributed by atoms with Gasteiger partial charge in [-0.1, -0.05) is 30.3 Å². The Balaban J connectivity index is 1.79. The number of hydrogen-bond donors (Lipinski definition) is 1. The van der Waals surface area contributed by atoms with Crippen molar-refractivity contribution in [1.29, 1.82) is 0 Å². The molecule has 114 valence electrons. The third-order valence-electron chi connectivity index (χ3n) is 4.10. The number of fused-ring (bicyclic) bond motifs is 2. The molecule has 2 aromatic rings. The van der Waals surface area contributed by atoms with Crippen LogP contribution in [0.2, 0.25) is 0 Å². The number of rotatable bonds is 1. The molecule has 0 aromatic heterocycles. The summed E-state index contributed by atoms with van der Waals surface area (Å²) in [5, 5.41) is 9.94. The van der Waals surface area contributed by atoms with Crippen LogP contribution in [0.3, 0.4) is 0 Å². The third-order valence-corrected chi connectivity index (χ3v) is 4.10. The molecule has 1 atom stereocenters. The molecule has 2 aliphatic heterocycles. The maximum absolute atomic E-state index is 12.4. The second-order valence-corrected chi connectivity index (χ2v) is 5.66. The second kappa shape index (κ2) is 5.05. The number of phenols is 1. The van der Waals surface area contributed by atoms with E-state index in [0.29, 0.717) is 17.9 Å². The molecule has 1 N–H and O–H groups in total. The Morgan fingerprint density at radius 3 is 2.78 bits per heavy atom. The number of hydrogen-bond acceptors (Lipinski definition) is 4. The van der Waals surface area contributed by atoms with Gasteiger partial charge in [0.15, 0.2) is 5.84 Å². The number of para-hydroxylation sites is 2. The van der Waals surface area contributed by atoms with Gasteiger partial charge in [-0.25, -0.2) is 0 Å². The van der Waals surface area contributed by atoms with E-state index in [-0.39, 0.29) is 17.5 Å². The first-order valence-electron chi connectivity index (χ1n) is 7.39. The van der Waals surface area contributed by atoms with Crippen LogP contribution in [0.15, 0.2) is 52.4 Å². The molecule has 1 amide bonds. The lowest BCUT2D eigenvalue weighted by Gasteiger charge is -2.27. The van der Waals surface area contributed by atoms with E-state index in [2.05, 4.69) is 9.98 Å². The van der Waals surface area contributed by atoms with Crippen molar-refractivity contribution in [2.45, 2.75) is 13.3 Å². The van der Waals surface area contributed by atoms with Crippen molar-refractivity contribution in [3.05, 3.63) is 59.2 Å². The summed E-state index contributed by atoms with van der Waals surface area (Å²) >= 11 is 0. The number of aliphatic imine (C=N–C) groups is 2. The van der Waals surface area contributed by atoms with Crippen molar-refractivity contribution in [2.75, 3.05) is 0 Å². The Morgan fingerprint density at radius 2 is 1.96 bits per heavy atom. The Kier molecular flexibility index (Phi) is 3.01. The van der Waals surface area contributed by atoms with Crippen molar-refractivity contribution >= 4 is 17.6 Å². The average molecular weight is 306 g/mol. The molecule has 0 fully saturated rings. The number of aromatic hydroxyl groups is 1. The van der Waals surface area contributed by atoms with Gasteiger partial charge in [-0.2, -0.15) is 9.98 Å². The van der Waals surface area contributed by atoms with Gasteiger partial charge in [-0.3, -0.25) is 4.79 Å². The number of amides is 1. The molecular weight excluding hydrogens is 292 g/mol. The minimum Gasteiger partial charge on any atom is -0.507 e. The monoisotopic (exact) mass is 306 g/mol. The van der Waals surface area contributed by atoms with E-state index in [9.17, 15) is 9.90 Å². The van der Waals surface area contributed by atoms with Gasteiger partial charge in [-0.15, -0.1) is 0 Å². The zero-order valence-corrected chi connectivity index (χ0v) is 12.5. The lowest BCUT2D eigenvalue weighted by molar-refractivity contribution is -0.120. The number of nitrogens with zero attached hydrogens (tertiary/aromatic N) is 2. The quantitative estimate of drug-likeness (QED) is 0.880. The molecule has 5 nitrogen and oxygen atoms in total. The Labute approximate surface area is 133 Å². The highest BCUT2D eigenvalue weighted by Crippen LogP contribution is 2.34. The van der Waals surface area contributed by atoms with Gasteiger partial charge in [-0.05, 0) is 36.6 Å². The van der Waals surface area contributed by atoms with Crippen LogP contribution in [0, 0.1) is 12.8 Å². The first kappa shape index (κ1) is 13.7. The molecule has 23 heavy (non-hydrogen) atoms. The SMILES string of the molecule is Cc1cccc2c1OC1=NC(c3ccccc3O)=NC(=O)C1C2. The largest absolute Gasteiger partial charge is 0.507 e. The van der Waals surface area contributed by atoms with Gasteiger partial charge >= 0.3 is 0 Å². The van der Waals surface area contributed by atoms with Crippen LogP contribution in [0.4, 0.5) is 0 Å². The molecule has 0 spiro atoms. The van der Waals surface area contributed by atoms with Crippen molar-refractivity contribution in [3.63, 3.8) is 0 Å². The third kappa shape index (κ3) is 2.21. The molecule has 0 bridgehead atoms. The van der Waals surface area contributed by atoms with Gasteiger partial charge in [0.1, 0.15) is 17.4 Å². The number of ether oxygens (including phenoxy) is 1. The summed E-state index contributed by atoms with van der Waals surface area (Å²) in [6, 6.07) is 12.5. The first-order valence-corrected chi connectivity index (χ1v) is 7.39. The molecule has 0 aliphatic carbocycles. The molecule has 0 radical (unpaired) electrons. The predicted octanol–water partition coefficient (Wildman–Crippen LogP) is 2.64. The van der Waals surface area contributed by atoms with E-state index < -0.39 is 5.92 Å². The number of carbonyl (C=O) groups excluding carboxylic acids is 1. The van der Waals surface area contributed by atoms with E-state index in [1.54, 1.807) is 18.2 Å². The van der Waals surface area contributed by atoms with Crippen LogP contribution in [0.5, 0.6) is 11.5 Å². The molecular formula is C18H14N2O3. The first-order chi connectivity index (χ1) is 11.1. The number of carbonyl (C=O) groups is 1. The highest BCUT2D eigenvalue weighted by atomic mass is 16.5. The minimum absolute atomic E-state index is 0.0363. The molecule has 2 heterocycles. The molecule has 1 unspecified atom stereocenters. The Morgan fingerprint density at radius 1 is 1.13 bits per heavy atom. The summed E-state index contributed by atoms with van der Waals surface area (Å²) < 4.78 is 5.90. The molecule has 4 rings (SSSR count). The molecule has 0 saturated carbocycles. The number of benzene rings is 2. The molecule has 0 saturated heterocycles. The summed E-state index contributed by atoms with van der Waals surface area (Å²) in [6.07, 6.45) is 0.534. The van der Waals surface area contributed by atoms with Crippen molar-refractivity contribution < 1.29 is 14.6 Å².